The molecular weight excluding hydrogens is 892 g/mol. The summed E-state index contributed by atoms with van der Waals surface area (Å²) in [6.07, 6.45) is 0. The van der Waals surface area contributed by atoms with Gasteiger partial charge in [0.25, 0.3) is 0 Å². The maximum absolute atomic E-state index is 11.2. The zero-order chi connectivity index (χ0) is 48.3. The Bertz CT molecular complexity index is 957. The van der Waals surface area contributed by atoms with Crippen molar-refractivity contribution in [2.24, 2.45) is 0 Å². The van der Waals surface area contributed by atoms with Crippen molar-refractivity contribution in [2.75, 3.05) is 271 Å². The fraction of sp³-hybridized carbons (Fsp3) is 0.933. The molecule has 67 heavy (non-hydrogen) atoms. The first kappa shape index (κ1) is 65.4. The van der Waals surface area contributed by atoms with Gasteiger partial charge in [0.2, 0.25) is 0 Å². The number of hydrogen-bond donors (Lipinski definition) is 0. The molecule has 0 aromatic carbocycles. The van der Waals surface area contributed by atoms with Crippen LogP contribution in [0.3, 0.4) is 0 Å². The van der Waals surface area contributed by atoms with Gasteiger partial charge in [0.05, 0.1) is 258 Å². The van der Waals surface area contributed by atoms with Crippen molar-refractivity contribution in [3.05, 3.63) is 12.2 Å². The van der Waals surface area contributed by atoms with Crippen LogP contribution in [0.25, 0.3) is 0 Å². The molecule has 0 amide bonds. The second kappa shape index (κ2) is 60.5. The van der Waals surface area contributed by atoms with Crippen LogP contribution in [0.15, 0.2) is 12.2 Å². The molecule has 400 valence electrons. The number of carbonyl (C=O) groups excluding carboxylic acids is 1. The van der Waals surface area contributed by atoms with Crippen LogP contribution in [-0.2, 0) is 104 Å². The normalized spacial score (nSPS) is 11.6. The molecule has 0 fully saturated rings. The van der Waals surface area contributed by atoms with E-state index in [0.717, 1.165) is 0 Å². The summed E-state index contributed by atoms with van der Waals surface area (Å²) in [5, 5.41) is 0. The maximum atomic E-state index is 11.2. The molecule has 0 bridgehead atoms. The van der Waals surface area contributed by atoms with E-state index in [1.54, 1.807) is 14.0 Å². The highest BCUT2D eigenvalue weighted by Gasteiger charge is 2.02. The van der Waals surface area contributed by atoms with E-state index in [-0.39, 0.29) is 6.61 Å². The Hall–Kier alpha value is -1.59. The Labute approximate surface area is 400 Å². The van der Waals surface area contributed by atoms with Crippen molar-refractivity contribution in [2.45, 2.75) is 6.92 Å². The Morgan fingerprint density at radius 3 is 0.478 bits per heavy atom. The van der Waals surface area contributed by atoms with Crippen molar-refractivity contribution in [3.8, 4) is 0 Å². The predicted octanol–water partition coefficient (Wildman–Crippen LogP) is 1.07. The Morgan fingerprint density at radius 1 is 0.239 bits per heavy atom. The first-order valence-electron chi connectivity index (χ1n) is 23.5. The molecule has 0 saturated heterocycles. The van der Waals surface area contributed by atoms with Gasteiger partial charge in [-0.3, -0.25) is 0 Å². The summed E-state index contributed by atoms with van der Waals surface area (Å²) in [5.41, 5.74) is 0.365. The van der Waals surface area contributed by atoms with Crippen molar-refractivity contribution in [1.29, 1.82) is 0 Å². The van der Waals surface area contributed by atoms with Gasteiger partial charge >= 0.3 is 5.97 Å². The topological polar surface area (TPSA) is 211 Å². The van der Waals surface area contributed by atoms with Crippen molar-refractivity contribution >= 4 is 5.97 Å². The molecular formula is C45H88O22. The lowest BCUT2D eigenvalue weighted by atomic mass is 10.4. The van der Waals surface area contributed by atoms with Gasteiger partial charge in [0.1, 0.15) is 6.61 Å². The summed E-state index contributed by atoms with van der Waals surface area (Å²) in [7, 11) is 1.64. The molecule has 0 saturated carbocycles. The molecule has 0 atom stereocenters. The molecule has 0 heterocycles. The van der Waals surface area contributed by atoms with Crippen LogP contribution in [0.5, 0.6) is 0 Å². The molecule has 0 aliphatic heterocycles. The third-order valence-electron chi connectivity index (χ3n) is 7.94. The van der Waals surface area contributed by atoms with Crippen LogP contribution < -0.4 is 0 Å². The van der Waals surface area contributed by atoms with E-state index >= 15 is 0 Å². The molecule has 0 rings (SSSR count). The predicted molar refractivity (Wildman–Crippen MR) is 243 cm³/mol. The van der Waals surface area contributed by atoms with Gasteiger partial charge in [-0.1, -0.05) is 6.58 Å². The lowest BCUT2D eigenvalue weighted by molar-refractivity contribution is -0.140. The summed E-state index contributed by atoms with van der Waals surface area (Å²) in [4.78, 5) is 11.2. The number of esters is 1. The fourth-order valence-corrected chi connectivity index (χ4v) is 4.52. The second-order valence-electron chi connectivity index (χ2n) is 13.5. The van der Waals surface area contributed by atoms with Gasteiger partial charge in [0, 0.05) is 12.7 Å². The highest BCUT2D eigenvalue weighted by molar-refractivity contribution is 5.86. The highest BCUT2D eigenvalue weighted by Crippen LogP contribution is 1.93. The van der Waals surface area contributed by atoms with Gasteiger partial charge in [-0.2, -0.15) is 0 Å². The van der Waals surface area contributed by atoms with Crippen LogP contribution in [0.4, 0.5) is 0 Å². The first-order chi connectivity index (χ1) is 33.2. The van der Waals surface area contributed by atoms with E-state index in [0.29, 0.717) is 263 Å². The number of carbonyl (C=O) groups is 1. The van der Waals surface area contributed by atoms with Crippen LogP contribution in [0, 0.1) is 0 Å². The lowest BCUT2D eigenvalue weighted by Gasteiger charge is -2.09. The van der Waals surface area contributed by atoms with Gasteiger partial charge in [-0.05, 0) is 6.92 Å². The summed E-state index contributed by atoms with van der Waals surface area (Å²) in [6.45, 7) is 24.4. The van der Waals surface area contributed by atoms with E-state index in [1.165, 1.54) is 0 Å². The Kier molecular flexibility index (Phi) is 59.1. The lowest BCUT2D eigenvalue weighted by Crippen LogP contribution is -2.16. The summed E-state index contributed by atoms with van der Waals surface area (Å²) in [5.74, 6) is -0.417. The number of ether oxygens (including phenoxy) is 21. The third kappa shape index (κ3) is 60.5. The molecule has 0 radical (unpaired) electrons. The Morgan fingerprint density at radius 2 is 0.358 bits per heavy atom. The van der Waals surface area contributed by atoms with Crippen molar-refractivity contribution < 1.29 is 104 Å². The molecule has 0 aromatic heterocycles. The third-order valence-corrected chi connectivity index (χ3v) is 7.94. The zero-order valence-electron chi connectivity index (χ0n) is 41.0. The molecule has 0 aromatic rings. The minimum absolute atomic E-state index is 0.192. The summed E-state index contributed by atoms with van der Waals surface area (Å²) in [6, 6.07) is 0. The van der Waals surface area contributed by atoms with Crippen molar-refractivity contribution in [3.63, 3.8) is 0 Å². The molecule has 0 spiro atoms. The van der Waals surface area contributed by atoms with Gasteiger partial charge in [0.15, 0.2) is 0 Å². The smallest absolute Gasteiger partial charge is 0.333 e. The Balaban J connectivity index is 3.08. The van der Waals surface area contributed by atoms with Gasteiger partial charge in [-0.15, -0.1) is 0 Å². The van der Waals surface area contributed by atoms with E-state index < -0.39 is 5.97 Å². The van der Waals surface area contributed by atoms with Crippen LogP contribution in [0.1, 0.15) is 6.92 Å². The van der Waals surface area contributed by atoms with E-state index in [1.807, 2.05) is 0 Å². The minimum atomic E-state index is -0.417. The van der Waals surface area contributed by atoms with Crippen molar-refractivity contribution in [1.82, 2.24) is 0 Å². The monoisotopic (exact) mass is 981 g/mol. The molecule has 22 heteroatoms. The molecule has 0 aliphatic carbocycles. The molecule has 0 aliphatic rings. The van der Waals surface area contributed by atoms with E-state index in [9.17, 15) is 4.79 Å². The second-order valence-corrected chi connectivity index (χ2v) is 13.5. The molecule has 0 unspecified atom stereocenters. The largest absolute Gasteiger partial charge is 0.460 e. The van der Waals surface area contributed by atoms with Gasteiger partial charge < -0.3 is 99.5 Å². The average Bonchev–Trinajstić information content (AvgIpc) is 3.33. The van der Waals surface area contributed by atoms with E-state index in [4.69, 9.17) is 99.5 Å². The number of hydrogen-bond acceptors (Lipinski definition) is 22. The number of methoxy groups -OCH3 is 1. The van der Waals surface area contributed by atoms with Crippen LogP contribution in [0.2, 0.25) is 0 Å². The fourth-order valence-electron chi connectivity index (χ4n) is 4.52. The molecule has 22 nitrogen and oxygen atoms in total. The first-order valence-corrected chi connectivity index (χ1v) is 23.5. The molecule has 0 N–H and O–H groups in total. The van der Waals surface area contributed by atoms with Crippen LogP contribution in [-0.4, -0.2) is 277 Å². The maximum Gasteiger partial charge on any atom is 0.333 e. The van der Waals surface area contributed by atoms with Crippen LogP contribution >= 0.6 is 0 Å². The number of rotatable bonds is 61. The van der Waals surface area contributed by atoms with Gasteiger partial charge in [-0.25, -0.2) is 4.79 Å². The highest BCUT2D eigenvalue weighted by atomic mass is 16.6. The quantitative estimate of drug-likeness (QED) is 0.0474. The summed E-state index contributed by atoms with van der Waals surface area (Å²) < 4.78 is 114. The summed E-state index contributed by atoms with van der Waals surface area (Å²) >= 11 is 0. The van der Waals surface area contributed by atoms with E-state index in [2.05, 4.69) is 6.58 Å². The minimum Gasteiger partial charge on any atom is -0.460 e. The SMILES string of the molecule is C=C(C)C(=O)OCCOCCOCCOCCOCCOCCOCCOCCOCCOCCOCCOCCOCCOCCOCCOCCOCCOCCOCCOCCOC. The standard InChI is InChI=1S/C45H88O22/c1-44(2)45(46)67-43-42-66-41-40-65-39-38-64-37-36-63-35-34-62-33-32-61-31-30-60-29-28-59-27-26-58-25-24-57-23-22-56-21-20-55-19-18-54-17-16-53-15-14-52-13-12-51-11-10-50-9-8-49-7-6-48-5-4-47-3/h1,4-43H2,2-3H3. The average molecular weight is 981 g/mol. The zero-order valence-corrected chi connectivity index (χ0v) is 41.0.